The monoisotopic (exact) mass is 210 g/mol. The summed E-state index contributed by atoms with van der Waals surface area (Å²) < 4.78 is 0. The molecule has 0 fully saturated rings. The van der Waals surface area contributed by atoms with Gasteiger partial charge in [0, 0.05) is 18.8 Å². The summed E-state index contributed by atoms with van der Waals surface area (Å²) in [5, 5.41) is 11.1. The lowest BCUT2D eigenvalue weighted by molar-refractivity contribution is 0.0694. The molecule has 1 amide bonds. The van der Waals surface area contributed by atoms with Crippen molar-refractivity contribution < 1.29 is 14.7 Å². The van der Waals surface area contributed by atoms with E-state index < -0.39 is 17.3 Å². The lowest BCUT2D eigenvalue weighted by Gasteiger charge is -2.01. The van der Waals surface area contributed by atoms with Gasteiger partial charge in [0.15, 0.2) is 5.43 Å². The van der Waals surface area contributed by atoms with E-state index in [-0.39, 0.29) is 11.3 Å². The molecule has 1 aromatic heterocycles. The topological polar surface area (TPSA) is 99.3 Å². The number of carboxylic acid groups (broad SMARTS) is 1. The van der Waals surface area contributed by atoms with Crippen LogP contribution in [0.25, 0.3) is 0 Å². The molecule has 6 heteroatoms. The fourth-order valence-electron chi connectivity index (χ4n) is 1.03. The molecular weight excluding hydrogens is 200 g/mol. The molecular formula is C9H10N2O4. The maximum Gasteiger partial charge on any atom is 0.341 e. The maximum absolute atomic E-state index is 11.2. The van der Waals surface area contributed by atoms with E-state index >= 15 is 0 Å². The van der Waals surface area contributed by atoms with Crippen molar-refractivity contribution in [1.29, 1.82) is 0 Å². The van der Waals surface area contributed by atoms with Gasteiger partial charge in [-0.3, -0.25) is 9.59 Å². The molecule has 0 aromatic carbocycles. The zero-order chi connectivity index (χ0) is 11.4. The van der Waals surface area contributed by atoms with E-state index in [0.717, 1.165) is 12.3 Å². The van der Waals surface area contributed by atoms with Gasteiger partial charge in [0.2, 0.25) is 0 Å². The minimum atomic E-state index is -1.32. The number of carbonyl (C=O) groups excluding carboxylic acids is 1. The first-order chi connectivity index (χ1) is 7.06. The van der Waals surface area contributed by atoms with Gasteiger partial charge < -0.3 is 15.4 Å². The van der Waals surface area contributed by atoms with Crippen LogP contribution in [-0.4, -0.2) is 28.5 Å². The molecule has 6 nitrogen and oxygen atoms in total. The summed E-state index contributed by atoms with van der Waals surface area (Å²) in [7, 11) is 0. The number of H-pyrrole nitrogens is 1. The first-order valence-corrected chi connectivity index (χ1v) is 4.30. The molecule has 0 aliphatic rings. The number of pyridine rings is 1. The molecule has 1 aromatic rings. The molecule has 1 heterocycles. The van der Waals surface area contributed by atoms with Crippen LogP contribution in [0.1, 0.15) is 27.8 Å². The summed E-state index contributed by atoms with van der Waals surface area (Å²) in [5.74, 6) is -1.76. The van der Waals surface area contributed by atoms with E-state index in [9.17, 15) is 14.4 Å². The molecule has 0 bridgehead atoms. The summed E-state index contributed by atoms with van der Waals surface area (Å²) >= 11 is 0. The van der Waals surface area contributed by atoms with Crippen LogP contribution in [0.5, 0.6) is 0 Å². The number of carbonyl (C=O) groups is 2. The fourth-order valence-corrected chi connectivity index (χ4v) is 1.03. The second-order valence-corrected chi connectivity index (χ2v) is 2.79. The Balaban J connectivity index is 3.07. The molecule has 80 valence electrons. The first kappa shape index (κ1) is 11.0. The predicted molar refractivity (Wildman–Crippen MR) is 52.0 cm³/mol. The predicted octanol–water partition coefficient (Wildman–Crippen LogP) is -0.177. The van der Waals surface area contributed by atoms with Crippen molar-refractivity contribution in [2.75, 3.05) is 6.54 Å². The normalized spacial score (nSPS) is 9.67. The number of amides is 1. The van der Waals surface area contributed by atoms with E-state index in [1.165, 1.54) is 0 Å². The van der Waals surface area contributed by atoms with Crippen molar-refractivity contribution >= 4 is 11.9 Å². The van der Waals surface area contributed by atoms with Crippen molar-refractivity contribution in [3.63, 3.8) is 0 Å². The van der Waals surface area contributed by atoms with Crippen LogP contribution in [0.3, 0.4) is 0 Å². The van der Waals surface area contributed by atoms with Crippen LogP contribution in [-0.2, 0) is 0 Å². The third-order valence-electron chi connectivity index (χ3n) is 1.73. The second kappa shape index (κ2) is 4.41. The third kappa shape index (κ3) is 2.43. The van der Waals surface area contributed by atoms with E-state index in [1.54, 1.807) is 6.92 Å². The van der Waals surface area contributed by atoms with Crippen LogP contribution < -0.4 is 10.7 Å². The molecule has 0 aliphatic carbocycles. The van der Waals surface area contributed by atoms with Crippen molar-refractivity contribution in [1.82, 2.24) is 10.3 Å². The summed E-state index contributed by atoms with van der Waals surface area (Å²) in [6.07, 6.45) is 1.01. The molecule has 15 heavy (non-hydrogen) atoms. The number of hydrogen-bond acceptors (Lipinski definition) is 3. The van der Waals surface area contributed by atoms with E-state index in [0.29, 0.717) is 6.54 Å². The highest BCUT2D eigenvalue weighted by molar-refractivity contribution is 5.93. The minimum Gasteiger partial charge on any atom is -0.477 e. The number of rotatable bonds is 3. The Morgan fingerprint density at radius 3 is 2.67 bits per heavy atom. The van der Waals surface area contributed by atoms with Crippen LogP contribution in [0.4, 0.5) is 0 Å². The lowest BCUT2D eigenvalue weighted by atomic mass is 10.2. The summed E-state index contributed by atoms with van der Waals surface area (Å²) in [4.78, 5) is 35.4. The van der Waals surface area contributed by atoms with E-state index in [4.69, 9.17) is 5.11 Å². The average molecular weight is 210 g/mol. The molecule has 0 unspecified atom stereocenters. The molecule has 1 rings (SSSR count). The van der Waals surface area contributed by atoms with Crippen molar-refractivity contribution in [3.8, 4) is 0 Å². The molecule has 0 aliphatic heterocycles. The average Bonchev–Trinajstić information content (AvgIpc) is 2.17. The van der Waals surface area contributed by atoms with Crippen LogP contribution in [0.2, 0.25) is 0 Å². The number of aromatic nitrogens is 1. The third-order valence-corrected chi connectivity index (χ3v) is 1.73. The Hall–Kier alpha value is -2.11. The van der Waals surface area contributed by atoms with Crippen molar-refractivity contribution in [3.05, 3.63) is 33.7 Å². The molecule has 0 radical (unpaired) electrons. The van der Waals surface area contributed by atoms with Gasteiger partial charge in [0.25, 0.3) is 5.91 Å². The summed E-state index contributed by atoms with van der Waals surface area (Å²) in [5.41, 5.74) is -1.03. The zero-order valence-electron chi connectivity index (χ0n) is 8.03. The summed E-state index contributed by atoms with van der Waals surface area (Å²) in [6, 6.07) is 0.967. The Morgan fingerprint density at radius 2 is 2.20 bits per heavy atom. The van der Waals surface area contributed by atoms with Crippen molar-refractivity contribution in [2.24, 2.45) is 0 Å². The number of aromatic carboxylic acids is 1. The number of carboxylic acids is 1. The minimum absolute atomic E-state index is 0.0480. The standard InChI is InChI=1S/C9H10N2O4/c1-2-10-8(13)6-3-7(12)5(4-11-6)9(14)15/h3-4H,2H2,1H3,(H,10,13)(H,11,12)(H,14,15). The number of hydrogen-bond donors (Lipinski definition) is 3. The number of aromatic amines is 1. The highest BCUT2D eigenvalue weighted by atomic mass is 16.4. The van der Waals surface area contributed by atoms with Gasteiger partial charge in [-0.15, -0.1) is 0 Å². The van der Waals surface area contributed by atoms with Gasteiger partial charge in [0.1, 0.15) is 11.3 Å². The van der Waals surface area contributed by atoms with Gasteiger partial charge in [0.05, 0.1) is 0 Å². The van der Waals surface area contributed by atoms with Gasteiger partial charge >= 0.3 is 5.97 Å². The quantitative estimate of drug-likeness (QED) is 0.644. The zero-order valence-corrected chi connectivity index (χ0v) is 8.03. The summed E-state index contributed by atoms with van der Waals surface area (Å²) in [6.45, 7) is 2.17. The molecule has 0 spiro atoms. The molecule has 0 atom stereocenters. The molecule has 3 N–H and O–H groups in total. The highest BCUT2D eigenvalue weighted by Crippen LogP contribution is 1.93. The van der Waals surface area contributed by atoms with E-state index in [1.807, 2.05) is 0 Å². The van der Waals surface area contributed by atoms with Gasteiger partial charge in [-0.2, -0.15) is 0 Å². The van der Waals surface area contributed by atoms with Gasteiger partial charge in [-0.25, -0.2) is 4.79 Å². The Bertz CT molecular complexity index is 450. The van der Waals surface area contributed by atoms with E-state index in [2.05, 4.69) is 10.3 Å². The molecule has 0 saturated heterocycles. The first-order valence-electron chi connectivity index (χ1n) is 4.30. The smallest absolute Gasteiger partial charge is 0.341 e. The van der Waals surface area contributed by atoms with Crippen molar-refractivity contribution in [2.45, 2.75) is 6.92 Å². The SMILES string of the molecule is CCNC(=O)c1cc(=O)c(C(=O)O)c[nH]1. The lowest BCUT2D eigenvalue weighted by Crippen LogP contribution is -2.26. The molecule has 0 saturated carbocycles. The Kier molecular flexibility index (Phi) is 3.22. The van der Waals surface area contributed by atoms with Crippen LogP contribution in [0, 0.1) is 0 Å². The fraction of sp³-hybridized carbons (Fsp3) is 0.222. The largest absolute Gasteiger partial charge is 0.477 e. The second-order valence-electron chi connectivity index (χ2n) is 2.79. The number of nitrogens with one attached hydrogen (secondary N) is 2. The van der Waals surface area contributed by atoms with Gasteiger partial charge in [-0.05, 0) is 6.92 Å². The maximum atomic E-state index is 11.2. The van der Waals surface area contributed by atoms with Crippen LogP contribution >= 0.6 is 0 Å². The highest BCUT2D eigenvalue weighted by Gasteiger charge is 2.11. The Morgan fingerprint density at radius 1 is 1.53 bits per heavy atom. The van der Waals surface area contributed by atoms with Gasteiger partial charge in [-0.1, -0.05) is 0 Å². The van der Waals surface area contributed by atoms with Crippen LogP contribution in [0.15, 0.2) is 17.1 Å². The Labute approximate surface area is 84.9 Å².